The van der Waals surface area contributed by atoms with Crippen molar-refractivity contribution in [3.8, 4) is 0 Å². The van der Waals surface area contributed by atoms with Crippen LogP contribution in [0.25, 0.3) is 0 Å². The zero-order valence-electron chi connectivity index (χ0n) is 12.7. The van der Waals surface area contributed by atoms with E-state index in [9.17, 15) is 19.8 Å². The van der Waals surface area contributed by atoms with Crippen LogP contribution in [-0.4, -0.2) is 75.7 Å². The first-order valence-corrected chi connectivity index (χ1v) is 7.00. The fraction of sp³-hybridized carbons (Fsp3) is 0.846. The second kappa shape index (κ2) is 7.84. The fourth-order valence-electron chi connectivity index (χ4n) is 2.11. The third-order valence-electron chi connectivity index (χ3n) is 3.64. The number of hydrogen-bond donors (Lipinski definition) is 5. The third kappa shape index (κ3) is 4.37. The van der Waals surface area contributed by atoms with E-state index in [0.717, 1.165) is 0 Å². The molecule has 0 aromatic carbocycles. The van der Waals surface area contributed by atoms with E-state index in [1.165, 1.54) is 13.8 Å². The average Bonchev–Trinajstić information content (AvgIpc) is 2.46. The molecule has 1 fully saturated rings. The van der Waals surface area contributed by atoms with Gasteiger partial charge in [0.25, 0.3) is 0 Å². The molecule has 22 heavy (non-hydrogen) atoms. The van der Waals surface area contributed by atoms with Crippen molar-refractivity contribution in [3.05, 3.63) is 0 Å². The van der Waals surface area contributed by atoms with E-state index in [4.69, 9.17) is 19.7 Å². The lowest BCUT2D eigenvalue weighted by Gasteiger charge is -2.41. The fourth-order valence-corrected chi connectivity index (χ4v) is 2.11. The molecule has 1 saturated heterocycles. The number of carbonyl (C=O) groups is 2. The van der Waals surface area contributed by atoms with Crippen molar-refractivity contribution in [1.82, 2.24) is 5.32 Å². The van der Waals surface area contributed by atoms with E-state index in [0.29, 0.717) is 0 Å². The van der Waals surface area contributed by atoms with Gasteiger partial charge in [-0.1, -0.05) is 6.92 Å². The van der Waals surface area contributed by atoms with E-state index in [1.807, 2.05) is 0 Å². The predicted octanol–water partition coefficient (Wildman–Crippen LogP) is -1.94. The summed E-state index contributed by atoms with van der Waals surface area (Å²) in [5, 5.41) is 39.9. The maximum Gasteiger partial charge on any atom is 0.325 e. The number of aliphatic hydroxyl groups is 3. The second-order valence-corrected chi connectivity index (χ2v) is 5.41. The Morgan fingerprint density at radius 1 is 1.32 bits per heavy atom. The molecule has 1 heterocycles. The van der Waals surface area contributed by atoms with Gasteiger partial charge >= 0.3 is 5.97 Å². The van der Waals surface area contributed by atoms with Gasteiger partial charge < -0.3 is 35.2 Å². The summed E-state index contributed by atoms with van der Waals surface area (Å²) in [5.74, 6) is -2.48. The summed E-state index contributed by atoms with van der Waals surface area (Å²) >= 11 is 0. The Hall–Kier alpha value is -1.26. The Bertz CT molecular complexity index is 404. The highest BCUT2D eigenvalue weighted by atomic mass is 16.6. The highest BCUT2D eigenvalue weighted by Crippen LogP contribution is 2.27. The molecule has 9 nitrogen and oxygen atoms in total. The zero-order chi connectivity index (χ0) is 17.0. The topological polar surface area (TPSA) is 146 Å². The summed E-state index contributed by atoms with van der Waals surface area (Å²) in [5.41, 5.74) is 0. The van der Waals surface area contributed by atoms with Gasteiger partial charge in [0.15, 0.2) is 6.29 Å². The molecule has 128 valence electrons. The predicted molar refractivity (Wildman–Crippen MR) is 72.7 cm³/mol. The van der Waals surface area contributed by atoms with Crippen LogP contribution in [0.5, 0.6) is 0 Å². The first kappa shape index (κ1) is 18.8. The maximum absolute atomic E-state index is 11.9. The minimum Gasteiger partial charge on any atom is -0.480 e. The minimum atomic E-state index is -1.25. The van der Waals surface area contributed by atoms with Crippen LogP contribution < -0.4 is 5.32 Å². The van der Waals surface area contributed by atoms with Crippen LogP contribution in [-0.2, 0) is 19.1 Å². The van der Waals surface area contributed by atoms with Crippen molar-refractivity contribution >= 4 is 11.9 Å². The first-order chi connectivity index (χ1) is 10.2. The molecule has 0 aromatic heterocycles. The van der Waals surface area contributed by atoms with Gasteiger partial charge in [-0.25, -0.2) is 0 Å². The minimum absolute atomic E-state index is 0.512. The van der Waals surface area contributed by atoms with Crippen LogP contribution in [0.1, 0.15) is 20.8 Å². The van der Waals surface area contributed by atoms with Gasteiger partial charge in [0.2, 0.25) is 5.91 Å². The molecule has 5 N–H and O–H groups in total. The lowest BCUT2D eigenvalue weighted by molar-refractivity contribution is -0.278. The van der Waals surface area contributed by atoms with Crippen LogP contribution in [0.4, 0.5) is 0 Å². The van der Waals surface area contributed by atoms with Gasteiger partial charge in [0.1, 0.15) is 24.4 Å². The first-order valence-electron chi connectivity index (χ1n) is 7.00. The van der Waals surface area contributed by atoms with Gasteiger partial charge in [-0.15, -0.1) is 0 Å². The Morgan fingerprint density at radius 3 is 2.41 bits per heavy atom. The van der Waals surface area contributed by atoms with Crippen LogP contribution >= 0.6 is 0 Å². The molecule has 1 aliphatic heterocycles. The van der Waals surface area contributed by atoms with E-state index in [1.54, 1.807) is 6.92 Å². The summed E-state index contributed by atoms with van der Waals surface area (Å²) < 4.78 is 10.5. The molecule has 7 atom stereocenters. The molecule has 0 spiro atoms. The summed E-state index contributed by atoms with van der Waals surface area (Å²) in [4.78, 5) is 22.6. The molecule has 9 heteroatoms. The van der Waals surface area contributed by atoms with E-state index < -0.39 is 61.1 Å². The van der Waals surface area contributed by atoms with Crippen molar-refractivity contribution in [1.29, 1.82) is 0 Å². The highest BCUT2D eigenvalue weighted by Gasteiger charge is 2.44. The number of amides is 1. The molecular weight excluding hydrogens is 298 g/mol. The van der Waals surface area contributed by atoms with Gasteiger partial charge in [-0.3, -0.25) is 9.59 Å². The van der Waals surface area contributed by atoms with Gasteiger partial charge in [-0.05, 0) is 13.8 Å². The van der Waals surface area contributed by atoms with Crippen LogP contribution in [0.2, 0.25) is 0 Å². The molecule has 1 rings (SSSR count). The standard InChI is InChI=1S/C13H23NO8/c1-5-10(9(16)8(4-15)22-13(5)20)21-7(3)11(17)14-6(2)12(18)19/h5-10,13,15-16,20H,4H2,1-3H3,(H,14,17)(H,18,19)/t5-,6-,7+,8?,9?,10+,13?/m0/s1. The Kier molecular flexibility index (Phi) is 6.69. The number of carboxylic acids is 1. The summed E-state index contributed by atoms with van der Waals surface area (Å²) in [6.07, 6.45) is -5.49. The van der Waals surface area contributed by atoms with Crippen LogP contribution in [0.15, 0.2) is 0 Å². The molecule has 0 bridgehead atoms. The van der Waals surface area contributed by atoms with Crippen LogP contribution in [0, 0.1) is 5.92 Å². The average molecular weight is 321 g/mol. The van der Waals surface area contributed by atoms with E-state index in [2.05, 4.69) is 5.32 Å². The number of hydrogen-bond acceptors (Lipinski definition) is 7. The molecule has 0 saturated carbocycles. The lowest BCUT2D eigenvalue weighted by Crippen LogP contribution is -2.57. The molecular formula is C13H23NO8. The molecule has 3 unspecified atom stereocenters. The quantitative estimate of drug-likeness (QED) is 0.380. The molecule has 1 aliphatic rings. The van der Waals surface area contributed by atoms with Crippen molar-refractivity contribution in [2.45, 2.75) is 57.5 Å². The normalized spacial score (nSPS) is 34.7. The Balaban J connectivity index is 2.69. The smallest absolute Gasteiger partial charge is 0.325 e. The number of ether oxygens (including phenoxy) is 2. The highest BCUT2D eigenvalue weighted by molar-refractivity contribution is 5.85. The molecule has 0 aliphatic carbocycles. The zero-order valence-corrected chi connectivity index (χ0v) is 12.7. The largest absolute Gasteiger partial charge is 0.480 e. The Labute approximate surface area is 127 Å². The van der Waals surface area contributed by atoms with Crippen LogP contribution in [0.3, 0.4) is 0 Å². The number of carboxylic acid groups (broad SMARTS) is 1. The van der Waals surface area contributed by atoms with Crippen molar-refractivity contribution in [2.75, 3.05) is 6.61 Å². The molecule has 1 amide bonds. The third-order valence-corrected chi connectivity index (χ3v) is 3.64. The molecule has 0 aromatic rings. The Morgan fingerprint density at radius 2 is 1.91 bits per heavy atom. The van der Waals surface area contributed by atoms with E-state index >= 15 is 0 Å². The van der Waals surface area contributed by atoms with Gasteiger partial charge in [0.05, 0.1) is 12.7 Å². The SMILES string of the molecule is C[C@H](NC(=O)[C@@H](C)O[C@H]1C(O)C(CO)OC(O)[C@H]1C)C(=O)O. The number of rotatable bonds is 6. The van der Waals surface area contributed by atoms with Crippen molar-refractivity contribution in [2.24, 2.45) is 5.92 Å². The van der Waals surface area contributed by atoms with E-state index in [-0.39, 0.29) is 0 Å². The maximum atomic E-state index is 11.9. The van der Waals surface area contributed by atoms with Gasteiger partial charge in [-0.2, -0.15) is 0 Å². The number of nitrogens with one attached hydrogen (secondary N) is 1. The molecule has 0 radical (unpaired) electrons. The number of aliphatic hydroxyl groups excluding tert-OH is 3. The number of aliphatic carboxylic acids is 1. The van der Waals surface area contributed by atoms with Crippen molar-refractivity contribution in [3.63, 3.8) is 0 Å². The lowest BCUT2D eigenvalue weighted by atomic mass is 9.92. The summed E-state index contributed by atoms with van der Waals surface area (Å²) in [6, 6.07) is -1.08. The summed E-state index contributed by atoms with van der Waals surface area (Å²) in [7, 11) is 0. The monoisotopic (exact) mass is 321 g/mol. The number of carbonyl (C=O) groups excluding carboxylic acids is 1. The summed E-state index contributed by atoms with van der Waals surface area (Å²) in [6.45, 7) is 3.77. The van der Waals surface area contributed by atoms with Gasteiger partial charge in [0, 0.05) is 5.92 Å². The van der Waals surface area contributed by atoms with Crippen molar-refractivity contribution < 1.29 is 39.5 Å². The second-order valence-electron chi connectivity index (χ2n) is 5.41.